The predicted octanol–water partition coefficient (Wildman–Crippen LogP) is 3.03. The molecular formula is C37H70F4N9O6S. The molecule has 2 aliphatic rings. The third-order valence-electron chi connectivity index (χ3n) is 10.1. The monoisotopic (exact) mass is 845 g/mol. The van der Waals surface area contributed by atoms with E-state index in [1.165, 1.54) is 19.1 Å². The maximum absolute atomic E-state index is 14.8. The predicted molar refractivity (Wildman–Crippen MR) is 221 cm³/mol. The molecule has 0 aromatic heterocycles. The van der Waals surface area contributed by atoms with Gasteiger partial charge in [-0.2, -0.15) is 11.8 Å². The molecule has 57 heavy (non-hydrogen) atoms. The van der Waals surface area contributed by atoms with Crippen LogP contribution in [0.15, 0.2) is 23.2 Å². The van der Waals surface area contributed by atoms with Gasteiger partial charge in [0.05, 0.1) is 0 Å². The van der Waals surface area contributed by atoms with Crippen molar-refractivity contribution in [3.8, 4) is 5.75 Å². The minimum Gasteiger partial charge on any atom is -0.490 e. The molecule has 1 radical (unpaired) electrons. The second-order valence-electron chi connectivity index (χ2n) is 14.6. The number of nitrogens with two attached hydrogens (primary N) is 4. The molecule has 3 amide bonds. The Hall–Kier alpha value is -3.30. The van der Waals surface area contributed by atoms with Crippen LogP contribution in [-0.2, 0) is 10.7 Å². The van der Waals surface area contributed by atoms with Crippen molar-refractivity contribution in [2.75, 3.05) is 37.2 Å². The van der Waals surface area contributed by atoms with Crippen LogP contribution in [0.4, 0.5) is 28.4 Å². The SMILES string of the molecule is CCCNc1cc(OC2CCC(NC(=O)NC3CC(C(C)F)CC(NC(=O)CCCCN=C(N)N)C3SCCN)CC2CCCN)cc(C(C)(F)F)c1.F.O.O.[OH]. The van der Waals surface area contributed by atoms with E-state index >= 15 is 0 Å². The molecule has 2 saturated carbocycles. The second-order valence-corrected chi connectivity index (χ2v) is 15.9. The summed E-state index contributed by atoms with van der Waals surface area (Å²) in [6.07, 6.45) is 5.31. The van der Waals surface area contributed by atoms with Crippen molar-refractivity contribution >= 4 is 35.3 Å². The number of hydrogen-bond donors (Lipinski definition) is 9. The number of anilines is 1. The van der Waals surface area contributed by atoms with Crippen molar-refractivity contribution in [3.63, 3.8) is 0 Å². The third-order valence-corrected chi connectivity index (χ3v) is 11.6. The number of carbonyl (C=O) groups is 2. The minimum absolute atomic E-state index is 0. The van der Waals surface area contributed by atoms with Crippen LogP contribution >= 0.6 is 11.8 Å². The molecule has 2 fully saturated rings. The Bertz CT molecular complexity index is 1320. The fourth-order valence-corrected chi connectivity index (χ4v) is 8.57. The Morgan fingerprint density at radius 3 is 2.28 bits per heavy atom. The van der Waals surface area contributed by atoms with Crippen LogP contribution in [0.1, 0.15) is 97.0 Å². The zero-order chi connectivity index (χ0) is 39.0. The van der Waals surface area contributed by atoms with Crippen LogP contribution in [0.5, 0.6) is 5.75 Å². The summed E-state index contributed by atoms with van der Waals surface area (Å²) in [7, 11) is 0. The van der Waals surface area contributed by atoms with Crippen molar-refractivity contribution in [1.82, 2.24) is 16.0 Å². The average Bonchev–Trinajstić information content (AvgIpc) is 3.09. The molecule has 2 aliphatic carbocycles. The van der Waals surface area contributed by atoms with E-state index in [9.17, 15) is 22.8 Å². The number of alkyl halides is 3. The number of aliphatic imine (C=N–C) groups is 1. The molecule has 0 bridgehead atoms. The molecule has 3 rings (SSSR count). The highest BCUT2D eigenvalue weighted by atomic mass is 32.2. The summed E-state index contributed by atoms with van der Waals surface area (Å²) < 4.78 is 50.1. The van der Waals surface area contributed by atoms with E-state index in [2.05, 4.69) is 26.3 Å². The molecule has 1 aromatic rings. The summed E-state index contributed by atoms with van der Waals surface area (Å²) >= 11 is 1.58. The van der Waals surface area contributed by atoms with Gasteiger partial charge >= 0.3 is 6.03 Å². The molecule has 8 atom stereocenters. The largest absolute Gasteiger partial charge is 0.490 e. The maximum atomic E-state index is 14.8. The number of halogens is 4. The molecule has 15 nitrogen and oxygen atoms in total. The smallest absolute Gasteiger partial charge is 0.315 e. The number of guanidine groups is 1. The average molecular weight is 845 g/mol. The lowest BCUT2D eigenvalue weighted by molar-refractivity contribution is -0.122. The first kappa shape index (κ1) is 55.8. The van der Waals surface area contributed by atoms with E-state index in [0.717, 1.165) is 26.2 Å². The molecule has 0 spiro atoms. The number of thioether (sulfide) groups is 1. The van der Waals surface area contributed by atoms with Gasteiger partial charge in [0.15, 0.2) is 5.96 Å². The van der Waals surface area contributed by atoms with Gasteiger partial charge in [0, 0.05) is 79.4 Å². The minimum atomic E-state index is -3.03. The van der Waals surface area contributed by atoms with Gasteiger partial charge in [-0.25, -0.2) is 18.0 Å². The van der Waals surface area contributed by atoms with Crippen LogP contribution in [-0.4, -0.2) is 102 Å². The number of carbonyl (C=O) groups excluding carboxylic acids is 2. The lowest BCUT2D eigenvalue weighted by Gasteiger charge is -2.43. The van der Waals surface area contributed by atoms with E-state index in [4.69, 9.17) is 27.7 Å². The molecular weight excluding hydrogens is 775 g/mol. The van der Waals surface area contributed by atoms with Crippen molar-refractivity contribution in [2.45, 2.75) is 133 Å². The number of nitrogens with zero attached hydrogens (tertiary/aromatic N) is 1. The van der Waals surface area contributed by atoms with Crippen LogP contribution in [0.2, 0.25) is 0 Å². The van der Waals surface area contributed by atoms with Gasteiger partial charge in [-0.15, -0.1) is 0 Å². The summed E-state index contributed by atoms with van der Waals surface area (Å²) in [5.74, 6) is -2.46. The number of urea groups is 1. The molecule has 20 heteroatoms. The summed E-state index contributed by atoms with van der Waals surface area (Å²) in [4.78, 5) is 30.5. The number of amides is 3. The lowest BCUT2D eigenvalue weighted by atomic mass is 9.79. The molecule has 17 N–H and O–H groups in total. The lowest BCUT2D eigenvalue weighted by Crippen LogP contribution is -2.60. The molecule has 0 aliphatic heterocycles. The summed E-state index contributed by atoms with van der Waals surface area (Å²) in [5, 5.41) is 12.4. The number of ether oxygens (including phenoxy) is 1. The zero-order valence-electron chi connectivity index (χ0n) is 33.5. The van der Waals surface area contributed by atoms with Gasteiger partial charge < -0.3 is 59.9 Å². The molecule has 8 unspecified atom stereocenters. The first-order valence-electron chi connectivity index (χ1n) is 19.2. The van der Waals surface area contributed by atoms with E-state index < -0.39 is 18.1 Å². The third kappa shape index (κ3) is 19.3. The van der Waals surface area contributed by atoms with Crippen LogP contribution in [0.25, 0.3) is 0 Å². The van der Waals surface area contributed by atoms with Crippen molar-refractivity contribution in [3.05, 3.63) is 23.8 Å². The first-order valence-corrected chi connectivity index (χ1v) is 20.3. The molecule has 333 valence electrons. The number of rotatable bonds is 21. The summed E-state index contributed by atoms with van der Waals surface area (Å²) in [6, 6.07) is 3.38. The van der Waals surface area contributed by atoms with Crippen LogP contribution in [0.3, 0.4) is 0 Å². The highest BCUT2D eigenvalue weighted by Gasteiger charge is 2.42. The summed E-state index contributed by atoms with van der Waals surface area (Å²) in [6.45, 7) is 6.41. The van der Waals surface area contributed by atoms with Gasteiger partial charge in [0.25, 0.3) is 5.92 Å². The topological polar surface area (TPSA) is 301 Å². The Balaban J connectivity index is 0. The fraction of sp³-hybridized carbons (Fsp3) is 0.757. The highest BCUT2D eigenvalue weighted by molar-refractivity contribution is 8.00. The highest BCUT2D eigenvalue weighted by Crippen LogP contribution is 2.38. The number of hydrogen-bond acceptors (Lipinski definition) is 8. The van der Waals surface area contributed by atoms with Crippen molar-refractivity contribution in [2.24, 2.45) is 39.8 Å². The Kier molecular flexibility index (Phi) is 27.6. The van der Waals surface area contributed by atoms with Gasteiger partial charge in [-0.3, -0.25) is 20.0 Å². The van der Waals surface area contributed by atoms with Crippen molar-refractivity contribution in [1.29, 1.82) is 0 Å². The Morgan fingerprint density at radius 2 is 1.68 bits per heavy atom. The fourth-order valence-electron chi connectivity index (χ4n) is 7.34. The second kappa shape index (κ2) is 28.2. The van der Waals surface area contributed by atoms with Gasteiger partial charge in [0.2, 0.25) is 5.91 Å². The number of nitrogens with one attached hydrogen (secondary N) is 4. The standard InChI is InChI=1S/C37H64F3N9O3S.FH.2H2O.HO/c1-4-14-45-28-20-26(37(3,39)40)21-29(22-28)52-32-11-10-27(17-24(32)8-7-12-41)47-36(51)49-31-19-25(23(2)38)18-30(34(31)53-16-13-42)48-33(50)9-5-6-15-46-35(43)44;;;;/h20-25,27,30-32,34,45H,4-19,41-42H2,1-3H3,(H,48,50)(H4,43,44,46)(H2,47,49,51);1H;2*1H2;1H. The van der Waals surface area contributed by atoms with Gasteiger partial charge in [-0.05, 0) is 102 Å². The zero-order valence-corrected chi connectivity index (χ0v) is 34.4. The molecule has 1 aromatic carbocycles. The quantitative estimate of drug-likeness (QED) is 0.0380. The normalized spacial score (nSPS) is 23.4. The van der Waals surface area contributed by atoms with E-state index in [-0.39, 0.29) is 86.3 Å². The van der Waals surface area contributed by atoms with Gasteiger partial charge in [0.1, 0.15) is 18.0 Å². The van der Waals surface area contributed by atoms with E-state index in [0.29, 0.717) is 88.3 Å². The number of unbranched alkanes of at least 4 members (excludes halogenated alkanes) is 1. The maximum Gasteiger partial charge on any atom is 0.315 e. The van der Waals surface area contributed by atoms with Crippen molar-refractivity contribution < 1.29 is 48.6 Å². The first-order chi connectivity index (χ1) is 25.2. The van der Waals surface area contributed by atoms with Gasteiger partial charge in [-0.1, -0.05) is 6.92 Å². The van der Waals surface area contributed by atoms with Crippen LogP contribution in [0, 0.1) is 11.8 Å². The van der Waals surface area contributed by atoms with Crippen LogP contribution < -0.4 is 48.9 Å². The molecule has 0 heterocycles. The summed E-state index contributed by atoms with van der Waals surface area (Å²) in [5.41, 5.74) is 23.0. The Morgan fingerprint density at radius 1 is 1.00 bits per heavy atom. The Labute approximate surface area is 338 Å². The number of benzene rings is 1. The van der Waals surface area contributed by atoms with E-state index in [1.54, 1.807) is 17.8 Å². The van der Waals surface area contributed by atoms with E-state index in [1.807, 2.05) is 6.92 Å². The molecule has 0 saturated heterocycles.